The number of nitrogen functional groups attached to an aromatic ring is 1. The van der Waals surface area contributed by atoms with E-state index < -0.39 is 0 Å². The topological polar surface area (TPSA) is 70.3 Å². The zero-order valence-electron chi connectivity index (χ0n) is 8.82. The van der Waals surface area contributed by atoms with Gasteiger partial charge in [-0.2, -0.15) is 4.98 Å². The minimum atomic E-state index is 0.147. The van der Waals surface area contributed by atoms with E-state index in [0.29, 0.717) is 27.6 Å². The van der Waals surface area contributed by atoms with Crippen LogP contribution in [-0.2, 0) is 0 Å². The Balaban J connectivity index is 2.89. The van der Waals surface area contributed by atoms with Gasteiger partial charge >= 0.3 is 0 Å². The Morgan fingerprint density at radius 1 is 1.19 bits per heavy atom. The zero-order chi connectivity index (χ0) is 11.7. The van der Waals surface area contributed by atoms with Gasteiger partial charge in [0.15, 0.2) is 5.75 Å². The molecule has 0 aliphatic rings. The summed E-state index contributed by atoms with van der Waals surface area (Å²) in [5.41, 5.74) is 6.18. The Kier molecular flexibility index (Phi) is 2.70. The second-order valence-electron chi connectivity index (χ2n) is 3.07. The van der Waals surface area contributed by atoms with Crippen molar-refractivity contribution in [3.63, 3.8) is 0 Å². The highest BCUT2D eigenvalue weighted by Gasteiger charge is 2.14. The molecule has 84 valence electrons. The van der Waals surface area contributed by atoms with Gasteiger partial charge in [0.05, 0.1) is 24.8 Å². The number of rotatable bonds is 2. The molecule has 0 aliphatic carbocycles. The lowest BCUT2D eigenvalue weighted by atomic mass is 10.2. The minimum absolute atomic E-state index is 0.147. The third-order valence-corrected chi connectivity index (χ3v) is 2.45. The summed E-state index contributed by atoms with van der Waals surface area (Å²) in [6.45, 7) is 0. The van der Waals surface area contributed by atoms with Crippen LogP contribution in [0, 0.1) is 0 Å². The number of halogens is 1. The van der Waals surface area contributed by atoms with Gasteiger partial charge in [0.25, 0.3) is 0 Å². The molecular formula is C10H10ClN3O2. The van der Waals surface area contributed by atoms with E-state index >= 15 is 0 Å². The number of ether oxygens (including phenoxy) is 2. The molecule has 1 aromatic heterocycles. The number of benzene rings is 1. The van der Waals surface area contributed by atoms with Gasteiger partial charge in [-0.15, -0.1) is 0 Å². The summed E-state index contributed by atoms with van der Waals surface area (Å²) in [7, 11) is 3.03. The van der Waals surface area contributed by atoms with Gasteiger partial charge < -0.3 is 15.2 Å². The Labute approximate surface area is 97.2 Å². The molecular weight excluding hydrogens is 230 g/mol. The van der Waals surface area contributed by atoms with E-state index in [2.05, 4.69) is 9.97 Å². The molecule has 0 radical (unpaired) electrons. The molecule has 0 unspecified atom stereocenters. The number of hydrogen-bond acceptors (Lipinski definition) is 5. The lowest BCUT2D eigenvalue weighted by molar-refractivity contribution is 0.394. The summed E-state index contributed by atoms with van der Waals surface area (Å²) < 4.78 is 10.3. The molecule has 1 aromatic carbocycles. The molecule has 2 N–H and O–H groups in total. The van der Waals surface area contributed by atoms with Gasteiger partial charge in [-0.3, -0.25) is 0 Å². The van der Waals surface area contributed by atoms with Crippen LogP contribution in [0.5, 0.6) is 11.6 Å². The molecule has 0 bridgehead atoms. The van der Waals surface area contributed by atoms with Crippen molar-refractivity contribution in [3.8, 4) is 11.6 Å². The number of methoxy groups -OCH3 is 2. The first kappa shape index (κ1) is 10.8. The largest absolute Gasteiger partial charge is 0.494 e. The van der Waals surface area contributed by atoms with Crippen molar-refractivity contribution in [1.29, 1.82) is 0 Å². The Morgan fingerprint density at radius 3 is 2.56 bits per heavy atom. The Bertz CT molecular complexity index is 545. The highest BCUT2D eigenvalue weighted by molar-refractivity contribution is 6.33. The van der Waals surface area contributed by atoms with Gasteiger partial charge in [0.2, 0.25) is 11.8 Å². The maximum absolute atomic E-state index is 6.00. The average molecular weight is 240 g/mol. The minimum Gasteiger partial charge on any atom is -0.494 e. The highest BCUT2D eigenvalue weighted by Crippen LogP contribution is 2.37. The van der Waals surface area contributed by atoms with E-state index in [4.69, 9.17) is 26.8 Å². The van der Waals surface area contributed by atoms with Crippen LogP contribution in [-0.4, -0.2) is 24.2 Å². The quantitative estimate of drug-likeness (QED) is 0.867. The Morgan fingerprint density at radius 2 is 1.94 bits per heavy atom. The van der Waals surface area contributed by atoms with Crippen LogP contribution in [0.1, 0.15) is 0 Å². The molecule has 0 atom stereocenters. The molecule has 0 saturated heterocycles. The molecule has 0 amide bonds. The summed E-state index contributed by atoms with van der Waals surface area (Å²) in [6.07, 6.45) is 0. The first-order valence-electron chi connectivity index (χ1n) is 4.51. The predicted octanol–water partition coefficient (Wildman–Crippen LogP) is 1.88. The van der Waals surface area contributed by atoms with Crippen LogP contribution in [0.4, 0.5) is 5.95 Å². The fourth-order valence-electron chi connectivity index (χ4n) is 1.50. The first-order valence-corrected chi connectivity index (χ1v) is 4.89. The van der Waals surface area contributed by atoms with Crippen LogP contribution in [0.25, 0.3) is 10.9 Å². The van der Waals surface area contributed by atoms with Crippen molar-refractivity contribution < 1.29 is 9.47 Å². The molecule has 16 heavy (non-hydrogen) atoms. The van der Waals surface area contributed by atoms with Crippen LogP contribution < -0.4 is 15.2 Å². The average Bonchev–Trinajstić information content (AvgIpc) is 2.28. The van der Waals surface area contributed by atoms with E-state index in [9.17, 15) is 0 Å². The number of fused-ring (bicyclic) bond motifs is 1. The van der Waals surface area contributed by atoms with Gasteiger partial charge in [-0.1, -0.05) is 11.6 Å². The number of hydrogen-bond donors (Lipinski definition) is 1. The molecule has 0 saturated carbocycles. The number of aromatic nitrogens is 2. The van der Waals surface area contributed by atoms with Crippen molar-refractivity contribution in [2.45, 2.75) is 0 Å². The van der Waals surface area contributed by atoms with Crippen LogP contribution in [0.3, 0.4) is 0 Å². The Hall–Kier alpha value is -1.75. The lowest BCUT2D eigenvalue weighted by Gasteiger charge is -2.10. The molecule has 2 rings (SSSR count). The van der Waals surface area contributed by atoms with Crippen LogP contribution in [0.2, 0.25) is 5.02 Å². The molecule has 0 spiro atoms. The van der Waals surface area contributed by atoms with E-state index in [1.807, 2.05) is 0 Å². The first-order chi connectivity index (χ1) is 7.67. The fourth-order valence-corrected chi connectivity index (χ4v) is 1.74. The maximum Gasteiger partial charge on any atom is 0.229 e. The van der Waals surface area contributed by atoms with Gasteiger partial charge in [0.1, 0.15) is 5.39 Å². The molecule has 2 aromatic rings. The molecule has 5 nitrogen and oxygen atoms in total. The standard InChI is InChI=1S/C10H10ClN3O2/c1-15-8-5(11)3-4-6-7(8)9(16-2)14-10(12)13-6/h3-4H,1-2H3,(H2,12,13,14). The third kappa shape index (κ3) is 1.59. The summed E-state index contributed by atoms with van der Waals surface area (Å²) >= 11 is 6.00. The summed E-state index contributed by atoms with van der Waals surface area (Å²) in [5.74, 6) is 0.978. The summed E-state index contributed by atoms with van der Waals surface area (Å²) in [6, 6.07) is 3.43. The molecule has 0 aliphatic heterocycles. The number of anilines is 1. The van der Waals surface area contributed by atoms with Gasteiger partial charge in [-0.25, -0.2) is 4.98 Å². The van der Waals surface area contributed by atoms with Crippen molar-refractivity contribution in [3.05, 3.63) is 17.2 Å². The number of nitrogens with zero attached hydrogens (tertiary/aromatic N) is 2. The van der Waals surface area contributed by atoms with E-state index in [-0.39, 0.29) is 5.95 Å². The summed E-state index contributed by atoms with van der Waals surface area (Å²) in [4.78, 5) is 8.06. The van der Waals surface area contributed by atoms with Crippen molar-refractivity contribution in [2.75, 3.05) is 20.0 Å². The smallest absolute Gasteiger partial charge is 0.229 e. The van der Waals surface area contributed by atoms with Crippen LogP contribution in [0.15, 0.2) is 12.1 Å². The second-order valence-corrected chi connectivity index (χ2v) is 3.47. The molecule has 1 heterocycles. The molecule has 0 fully saturated rings. The normalized spacial score (nSPS) is 10.4. The number of nitrogens with two attached hydrogens (primary N) is 1. The van der Waals surface area contributed by atoms with Gasteiger partial charge in [-0.05, 0) is 12.1 Å². The fraction of sp³-hybridized carbons (Fsp3) is 0.200. The monoisotopic (exact) mass is 239 g/mol. The van der Waals surface area contributed by atoms with Crippen LogP contribution >= 0.6 is 11.6 Å². The summed E-state index contributed by atoms with van der Waals surface area (Å²) in [5, 5.41) is 1.09. The van der Waals surface area contributed by atoms with Crippen molar-refractivity contribution in [2.24, 2.45) is 0 Å². The van der Waals surface area contributed by atoms with E-state index in [1.165, 1.54) is 14.2 Å². The molecule has 6 heteroatoms. The maximum atomic E-state index is 6.00. The third-order valence-electron chi connectivity index (χ3n) is 2.15. The predicted molar refractivity (Wildman–Crippen MR) is 62.1 cm³/mol. The van der Waals surface area contributed by atoms with E-state index in [0.717, 1.165) is 0 Å². The second kappa shape index (κ2) is 4.02. The van der Waals surface area contributed by atoms with Gasteiger partial charge in [0, 0.05) is 0 Å². The highest BCUT2D eigenvalue weighted by atomic mass is 35.5. The van der Waals surface area contributed by atoms with Crippen molar-refractivity contribution in [1.82, 2.24) is 9.97 Å². The zero-order valence-corrected chi connectivity index (χ0v) is 9.58. The van der Waals surface area contributed by atoms with E-state index in [1.54, 1.807) is 12.1 Å². The lowest BCUT2D eigenvalue weighted by Crippen LogP contribution is -2.00. The SMILES string of the molecule is COc1nc(N)nc2ccc(Cl)c(OC)c12. The van der Waals surface area contributed by atoms with Crippen molar-refractivity contribution >= 4 is 28.5 Å².